The van der Waals surface area contributed by atoms with Gasteiger partial charge in [0.1, 0.15) is 0 Å². The zero-order valence-electron chi connectivity index (χ0n) is 10.9. The molecule has 2 N–H and O–H groups in total. The highest BCUT2D eigenvalue weighted by Crippen LogP contribution is 2.16. The van der Waals surface area contributed by atoms with Crippen LogP contribution >= 0.6 is 0 Å². The highest BCUT2D eigenvalue weighted by Gasteiger charge is 2.15. The summed E-state index contributed by atoms with van der Waals surface area (Å²) in [6.07, 6.45) is 6.65. The Labute approximate surface area is 105 Å². The number of likely N-dealkylation sites (tertiary alicyclic amines) is 1. The van der Waals surface area contributed by atoms with E-state index in [2.05, 4.69) is 30.0 Å². The number of anilines is 1. The number of hydrogen-bond donors (Lipinski definition) is 1. The van der Waals surface area contributed by atoms with Crippen LogP contribution < -0.4 is 5.73 Å². The van der Waals surface area contributed by atoms with Gasteiger partial charge in [0.05, 0.1) is 0 Å². The summed E-state index contributed by atoms with van der Waals surface area (Å²) >= 11 is 0. The molecule has 0 radical (unpaired) electrons. The summed E-state index contributed by atoms with van der Waals surface area (Å²) in [5, 5.41) is 0. The Kier molecular flexibility index (Phi) is 4.43. The van der Waals surface area contributed by atoms with E-state index in [4.69, 9.17) is 5.73 Å². The molecule has 1 aliphatic heterocycles. The van der Waals surface area contributed by atoms with E-state index in [1.807, 2.05) is 6.07 Å². The van der Waals surface area contributed by atoms with E-state index in [-0.39, 0.29) is 0 Å². The maximum Gasteiger partial charge on any atom is 0.0316 e. The second-order valence-electron chi connectivity index (χ2n) is 5.25. The van der Waals surface area contributed by atoms with Crippen molar-refractivity contribution in [3.63, 3.8) is 0 Å². The summed E-state index contributed by atoms with van der Waals surface area (Å²) in [7, 11) is 0. The van der Waals surface area contributed by atoms with Crippen molar-refractivity contribution in [2.75, 3.05) is 18.8 Å². The molecule has 2 heteroatoms. The molecule has 0 bridgehead atoms. The molecule has 1 fully saturated rings. The normalized spacial score (nSPS) is 19.8. The largest absolute Gasteiger partial charge is 0.399 e. The predicted octanol–water partition coefficient (Wildman–Crippen LogP) is 3.08. The lowest BCUT2D eigenvalue weighted by Gasteiger charge is -2.27. The maximum absolute atomic E-state index is 5.82. The average molecular weight is 232 g/mol. The summed E-state index contributed by atoms with van der Waals surface area (Å²) in [6.45, 7) is 4.88. The van der Waals surface area contributed by atoms with Gasteiger partial charge in [0.15, 0.2) is 0 Å². The molecule has 17 heavy (non-hydrogen) atoms. The smallest absolute Gasteiger partial charge is 0.0316 e. The zero-order chi connectivity index (χ0) is 12.1. The molecule has 0 saturated carbocycles. The molecule has 1 saturated heterocycles. The molecule has 94 valence electrons. The Balaban J connectivity index is 1.93. The fourth-order valence-electron chi connectivity index (χ4n) is 2.73. The first-order valence-electron chi connectivity index (χ1n) is 6.84. The molecular formula is C15H24N2. The summed E-state index contributed by atoms with van der Waals surface area (Å²) in [6, 6.07) is 8.94. The van der Waals surface area contributed by atoms with Gasteiger partial charge < -0.3 is 10.6 Å². The van der Waals surface area contributed by atoms with Gasteiger partial charge in [-0.3, -0.25) is 0 Å². The Morgan fingerprint density at radius 1 is 1.18 bits per heavy atom. The Morgan fingerprint density at radius 2 is 1.88 bits per heavy atom. The third kappa shape index (κ3) is 3.74. The molecule has 1 atom stereocenters. The van der Waals surface area contributed by atoms with E-state index in [0.717, 1.165) is 12.1 Å². The summed E-state index contributed by atoms with van der Waals surface area (Å²) < 4.78 is 0. The first-order chi connectivity index (χ1) is 8.25. The third-order valence-electron chi connectivity index (χ3n) is 3.75. The first kappa shape index (κ1) is 12.4. The standard InChI is InChI=1S/C15H24N2/c1-13(17-9-4-2-3-5-10-17)11-14-7-6-8-15(16)12-14/h6-8,12-13H,2-5,9-11,16H2,1H3. The Bertz CT molecular complexity index is 341. The molecule has 1 unspecified atom stereocenters. The average Bonchev–Trinajstić information content (AvgIpc) is 2.57. The molecule has 0 aliphatic carbocycles. The van der Waals surface area contributed by atoms with E-state index in [1.165, 1.54) is 44.3 Å². The van der Waals surface area contributed by atoms with Crippen LogP contribution in [0.5, 0.6) is 0 Å². The summed E-state index contributed by atoms with van der Waals surface area (Å²) in [5.41, 5.74) is 8.07. The lowest BCUT2D eigenvalue weighted by molar-refractivity contribution is 0.216. The van der Waals surface area contributed by atoms with Crippen molar-refractivity contribution >= 4 is 5.69 Å². The number of rotatable bonds is 3. The minimum Gasteiger partial charge on any atom is -0.399 e. The van der Waals surface area contributed by atoms with Crippen LogP contribution in [0.2, 0.25) is 0 Å². The van der Waals surface area contributed by atoms with Crippen molar-refractivity contribution in [2.24, 2.45) is 0 Å². The molecule has 0 aromatic heterocycles. The zero-order valence-corrected chi connectivity index (χ0v) is 10.9. The van der Waals surface area contributed by atoms with Gasteiger partial charge in [0.2, 0.25) is 0 Å². The van der Waals surface area contributed by atoms with E-state index >= 15 is 0 Å². The lowest BCUT2D eigenvalue weighted by Crippen LogP contribution is -2.35. The van der Waals surface area contributed by atoms with Crippen LogP contribution in [0, 0.1) is 0 Å². The summed E-state index contributed by atoms with van der Waals surface area (Å²) in [4.78, 5) is 2.64. The van der Waals surface area contributed by atoms with E-state index in [9.17, 15) is 0 Å². The molecule has 0 amide bonds. The van der Waals surface area contributed by atoms with Crippen molar-refractivity contribution in [2.45, 2.75) is 45.1 Å². The van der Waals surface area contributed by atoms with E-state index in [1.54, 1.807) is 0 Å². The number of nitrogens with two attached hydrogens (primary N) is 1. The molecule has 0 spiro atoms. The summed E-state index contributed by atoms with van der Waals surface area (Å²) in [5.74, 6) is 0. The van der Waals surface area contributed by atoms with Crippen molar-refractivity contribution in [1.29, 1.82) is 0 Å². The highest BCUT2D eigenvalue weighted by molar-refractivity contribution is 5.40. The minimum atomic E-state index is 0.634. The maximum atomic E-state index is 5.82. The van der Waals surface area contributed by atoms with E-state index in [0.29, 0.717) is 6.04 Å². The molecular weight excluding hydrogens is 208 g/mol. The van der Waals surface area contributed by atoms with Crippen LogP contribution in [0.4, 0.5) is 5.69 Å². The third-order valence-corrected chi connectivity index (χ3v) is 3.75. The molecule has 1 heterocycles. The predicted molar refractivity (Wildman–Crippen MR) is 74.1 cm³/mol. The monoisotopic (exact) mass is 232 g/mol. The van der Waals surface area contributed by atoms with Crippen molar-refractivity contribution < 1.29 is 0 Å². The van der Waals surface area contributed by atoms with Crippen LogP contribution in [0.15, 0.2) is 24.3 Å². The van der Waals surface area contributed by atoms with Crippen LogP contribution in [0.3, 0.4) is 0 Å². The molecule has 2 rings (SSSR count). The molecule has 1 aliphatic rings. The van der Waals surface area contributed by atoms with Gasteiger partial charge in [-0.2, -0.15) is 0 Å². The van der Waals surface area contributed by atoms with Crippen LogP contribution in [-0.2, 0) is 6.42 Å². The van der Waals surface area contributed by atoms with Gasteiger partial charge in [-0.1, -0.05) is 25.0 Å². The fourth-order valence-corrected chi connectivity index (χ4v) is 2.73. The van der Waals surface area contributed by atoms with Crippen molar-refractivity contribution in [3.05, 3.63) is 29.8 Å². The van der Waals surface area contributed by atoms with Crippen molar-refractivity contribution in [3.8, 4) is 0 Å². The van der Waals surface area contributed by atoms with Crippen LogP contribution in [0.1, 0.15) is 38.2 Å². The molecule has 2 nitrogen and oxygen atoms in total. The van der Waals surface area contributed by atoms with Gasteiger partial charge in [-0.15, -0.1) is 0 Å². The van der Waals surface area contributed by atoms with Gasteiger partial charge in [-0.25, -0.2) is 0 Å². The number of nitrogens with zero attached hydrogens (tertiary/aromatic N) is 1. The number of hydrogen-bond acceptors (Lipinski definition) is 2. The van der Waals surface area contributed by atoms with Crippen molar-refractivity contribution in [1.82, 2.24) is 4.90 Å². The second kappa shape index (κ2) is 6.06. The van der Waals surface area contributed by atoms with Crippen LogP contribution in [-0.4, -0.2) is 24.0 Å². The highest BCUT2D eigenvalue weighted by atomic mass is 15.1. The second-order valence-corrected chi connectivity index (χ2v) is 5.25. The van der Waals surface area contributed by atoms with Gasteiger partial charge in [-0.05, 0) is 57.0 Å². The van der Waals surface area contributed by atoms with Crippen LogP contribution in [0.25, 0.3) is 0 Å². The van der Waals surface area contributed by atoms with Gasteiger partial charge in [0, 0.05) is 11.7 Å². The van der Waals surface area contributed by atoms with Gasteiger partial charge in [0.25, 0.3) is 0 Å². The number of nitrogen functional groups attached to an aromatic ring is 1. The lowest BCUT2D eigenvalue weighted by atomic mass is 10.1. The quantitative estimate of drug-likeness (QED) is 0.812. The fraction of sp³-hybridized carbons (Fsp3) is 0.600. The van der Waals surface area contributed by atoms with E-state index < -0.39 is 0 Å². The molecule has 1 aromatic carbocycles. The first-order valence-corrected chi connectivity index (χ1v) is 6.84. The molecule has 1 aromatic rings. The SMILES string of the molecule is CC(Cc1cccc(N)c1)N1CCCCCC1. The Hall–Kier alpha value is -1.02. The van der Waals surface area contributed by atoms with Gasteiger partial charge >= 0.3 is 0 Å². The number of benzene rings is 1. The Morgan fingerprint density at radius 3 is 2.53 bits per heavy atom. The topological polar surface area (TPSA) is 29.3 Å². The minimum absolute atomic E-state index is 0.634.